The van der Waals surface area contributed by atoms with Gasteiger partial charge < -0.3 is 10.1 Å². The minimum atomic E-state index is -1.21. The molecule has 1 unspecified atom stereocenters. The maximum atomic E-state index is 11.6. The molecule has 1 atom stereocenters. The van der Waals surface area contributed by atoms with Crippen LogP contribution in [-0.4, -0.2) is 34.3 Å². The first-order valence-electron chi connectivity index (χ1n) is 6.26. The lowest BCUT2D eigenvalue weighted by Gasteiger charge is -2.29. The number of ether oxygens (including phenoxy) is 1. The van der Waals surface area contributed by atoms with Crippen molar-refractivity contribution in [1.29, 1.82) is 0 Å². The van der Waals surface area contributed by atoms with Crippen LogP contribution < -0.4 is 5.32 Å². The number of hydrogen-bond donors (Lipinski definition) is 1. The van der Waals surface area contributed by atoms with Gasteiger partial charge in [-0.25, -0.2) is 9.00 Å². The van der Waals surface area contributed by atoms with E-state index < -0.39 is 16.7 Å². The van der Waals surface area contributed by atoms with Crippen LogP contribution in [0.25, 0.3) is 0 Å². The lowest BCUT2D eigenvalue weighted by atomic mass is 9.93. The van der Waals surface area contributed by atoms with E-state index in [1.807, 2.05) is 20.8 Å². The first kappa shape index (κ1) is 15.4. The number of hydrogen-bond acceptors (Lipinski definition) is 4. The van der Waals surface area contributed by atoms with Crippen LogP contribution in [0.5, 0.6) is 0 Å². The average molecular weight is 277 g/mol. The highest BCUT2D eigenvalue weighted by Crippen LogP contribution is 2.22. The van der Waals surface area contributed by atoms with Gasteiger partial charge in [-0.3, -0.25) is 4.18 Å². The Morgan fingerprint density at radius 1 is 1.22 bits per heavy atom. The van der Waals surface area contributed by atoms with Crippen LogP contribution in [0.4, 0.5) is 4.79 Å². The van der Waals surface area contributed by atoms with E-state index >= 15 is 0 Å². The SMILES string of the molecule is CS(=O)OC1CCC(NC(=O)OC(C)(C)C)CC1. The van der Waals surface area contributed by atoms with Crippen molar-refractivity contribution in [3.63, 3.8) is 0 Å². The quantitative estimate of drug-likeness (QED) is 0.858. The summed E-state index contributed by atoms with van der Waals surface area (Å²) >= 11 is -1.21. The molecule has 1 saturated carbocycles. The van der Waals surface area contributed by atoms with Crippen LogP contribution >= 0.6 is 0 Å². The third-order valence-corrected chi connectivity index (χ3v) is 3.21. The zero-order chi connectivity index (χ0) is 13.8. The van der Waals surface area contributed by atoms with E-state index in [-0.39, 0.29) is 18.2 Å². The zero-order valence-electron chi connectivity index (χ0n) is 11.5. The zero-order valence-corrected chi connectivity index (χ0v) is 12.3. The van der Waals surface area contributed by atoms with Gasteiger partial charge in [0.25, 0.3) is 0 Å². The van der Waals surface area contributed by atoms with Crippen molar-refractivity contribution < 1.29 is 17.9 Å². The third-order valence-electron chi connectivity index (χ3n) is 2.67. The fourth-order valence-electron chi connectivity index (χ4n) is 1.97. The van der Waals surface area contributed by atoms with Gasteiger partial charge in [-0.05, 0) is 46.5 Å². The van der Waals surface area contributed by atoms with Crippen LogP contribution in [0.15, 0.2) is 0 Å². The molecular formula is C12H23NO4S. The van der Waals surface area contributed by atoms with Crippen molar-refractivity contribution in [2.24, 2.45) is 0 Å². The van der Waals surface area contributed by atoms with Gasteiger partial charge in [0.2, 0.25) is 0 Å². The second-order valence-corrected chi connectivity index (χ2v) is 6.61. The molecule has 106 valence electrons. The molecule has 0 aromatic carbocycles. The third kappa shape index (κ3) is 6.35. The second-order valence-electron chi connectivity index (χ2n) is 5.62. The summed E-state index contributed by atoms with van der Waals surface area (Å²) in [6.07, 6.45) is 4.52. The molecule has 0 aromatic heterocycles. The predicted molar refractivity (Wildman–Crippen MR) is 70.6 cm³/mol. The van der Waals surface area contributed by atoms with E-state index in [9.17, 15) is 9.00 Å². The molecule has 0 saturated heterocycles. The number of rotatable bonds is 3. The monoisotopic (exact) mass is 277 g/mol. The highest BCUT2D eigenvalue weighted by molar-refractivity contribution is 7.79. The maximum absolute atomic E-state index is 11.6. The molecule has 6 heteroatoms. The highest BCUT2D eigenvalue weighted by Gasteiger charge is 2.25. The molecule has 1 aliphatic rings. The van der Waals surface area contributed by atoms with Gasteiger partial charge in [-0.2, -0.15) is 0 Å². The fourth-order valence-corrected chi connectivity index (χ4v) is 2.54. The predicted octanol–water partition coefficient (Wildman–Crippen LogP) is 2.13. The van der Waals surface area contributed by atoms with E-state index in [1.54, 1.807) is 0 Å². The normalized spacial score (nSPS) is 26.4. The van der Waals surface area contributed by atoms with Gasteiger partial charge in [-0.1, -0.05) is 0 Å². The van der Waals surface area contributed by atoms with Gasteiger partial charge in [0.05, 0.1) is 6.10 Å². The summed E-state index contributed by atoms with van der Waals surface area (Å²) in [7, 11) is 0. The molecule has 0 aromatic rings. The van der Waals surface area contributed by atoms with Gasteiger partial charge in [0.15, 0.2) is 11.1 Å². The standard InChI is InChI=1S/C12H23NO4S/c1-12(2,3)16-11(14)13-9-5-7-10(8-6-9)17-18(4)15/h9-10H,5-8H2,1-4H3,(H,13,14). The molecular weight excluding hydrogens is 254 g/mol. The topological polar surface area (TPSA) is 64.6 Å². The van der Waals surface area contributed by atoms with Gasteiger partial charge in [-0.15, -0.1) is 0 Å². The van der Waals surface area contributed by atoms with Crippen molar-refractivity contribution in [3.05, 3.63) is 0 Å². The Bertz CT molecular complexity index is 306. The molecule has 1 rings (SSSR count). The molecule has 0 aliphatic heterocycles. The number of alkyl carbamates (subject to hydrolysis) is 1. The van der Waals surface area contributed by atoms with Crippen LogP contribution in [0, 0.1) is 0 Å². The molecule has 1 aliphatic carbocycles. The summed E-state index contributed by atoms with van der Waals surface area (Å²) in [5.41, 5.74) is -0.469. The van der Waals surface area contributed by atoms with Crippen molar-refractivity contribution in [2.45, 2.75) is 64.2 Å². The minimum absolute atomic E-state index is 0.0486. The number of carbonyl (C=O) groups is 1. The Morgan fingerprint density at radius 3 is 2.22 bits per heavy atom. The fraction of sp³-hybridized carbons (Fsp3) is 0.917. The van der Waals surface area contributed by atoms with E-state index in [4.69, 9.17) is 8.92 Å². The number of nitrogens with one attached hydrogen (secondary N) is 1. The summed E-state index contributed by atoms with van der Waals surface area (Å²) in [5.74, 6) is 0. The van der Waals surface area contributed by atoms with Crippen molar-refractivity contribution >= 4 is 17.2 Å². The Kier molecular flexibility index (Phi) is 5.59. The molecule has 0 radical (unpaired) electrons. The summed E-state index contributed by atoms with van der Waals surface area (Å²) < 4.78 is 21.4. The Balaban J connectivity index is 2.27. The Labute approximate surface area is 111 Å². The van der Waals surface area contributed by atoms with E-state index in [0.29, 0.717) is 0 Å². The van der Waals surface area contributed by atoms with Crippen molar-refractivity contribution in [3.8, 4) is 0 Å². The van der Waals surface area contributed by atoms with Crippen LogP contribution in [0.3, 0.4) is 0 Å². The molecule has 0 bridgehead atoms. The molecule has 0 heterocycles. The van der Waals surface area contributed by atoms with Gasteiger partial charge in [0, 0.05) is 12.3 Å². The van der Waals surface area contributed by atoms with Crippen LogP contribution in [-0.2, 0) is 20.0 Å². The maximum Gasteiger partial charge on any atom is 0.407 e. The number of amides is 1. The molecule has 0 spiro atoms. The van der Waals surface area contributed by atoms with Crippen molar-refractivity contribution in [1.82, 2.24) is 5.32 Å². The highest BCUT2D eigenvalue weighted by atomic mass is 32.2. The largest absolute Gasteiger partial charge is 0.444 e. The Hall–Kier alpha value is -0.620. The average Bonchev–Trinajstić information content (AvgIpc) is 2.17. The molecule has 1 fully saturated rings. The van der Waals surface area contributed by atoms with Crippen LogP contribution in [0.1, 0.15) is 46.5 Å². The summed E-state index contributed by atoms with van der Waals surface area (Å²) in [5, 5.41) is 2.86. The van der Waals surface area contributed by atoms with Gasteiger partial charge in [0.1, 0.15) is 5.60 Å². The summed E-state index contributed by atoms with van der Waals surface area (Å²) in [6, 6.07) is 0.130. The molecule has 5 nitrogen and oxygen atoms in total. The minimum Gasteiger partial charge on any atom is -0.444 e. The van der Waals surface area contributed by atoms with Crippen molar-refractivity contribution in [2.75, 3.05) is 6.26 Å². The summed E-state index contributed by atoms with van der Waals surface area (Å²) in [4.78, 5) is 11.6. The lowest BCUT2D eigenvalue weighted by Crippen LogP contribution is -2.41. The molecule has 1 amide bonds. The second kappa shape index (κ2) is 6.52. The van der Waals surface area contributed by atoms with E-state index in [0.717, 1.165) is 25.7 Å². The molecule has 18 heavy (non-hydrogen) atoms. The van der Waals surface area contributed by atoms with E-state index in [1.165, 1.54) is 6.26 Å². The first-order chi connectivity index (χ1) is 8.26. The smallest absolute Gasteiger partial charge is 0.407 e. The first-order valence-corrected chi connectivity index (χ1v) is 7.74. The van der Waals surface area contributed by atoms with Gasteiger partial charge >= 0.3 is 6.09 Å². The van der Waals surface area contributed by atoms with Crippen LogP contribution in [0.2, 0.25) is 0 Å². The van der Waals surface area contributed by atoms with E-state index in [2.05, 4.69) is 5.32 Å². The lowest BCUT2D eigenvalue weighted by molar-refractivity contribution is 0.0474. The Morgan fingerprint density at radius 2 is 1.78 bits per heavy atom. The summed E-state index contributed by atoms with van der Waals surface area (Å²) in [6.45, 7) is 5.52. The molecule has 1 N–H and O–H groups in total. The number of carbonyl (C=O) groups excluding carboxylic acids is 1.